The highest BCUT2D eigenvalue weighted by Crippen LogP contribution is 2.25. The minimum atomic E-state index is -0.291. The maximum absolute atomic E-state index is 13.2. The van der Waals surface area contributed by atoms with Crippen LogP contribution in [0.25, 0.3) is 0 Å². The molecule has 1 saturated heterocycles. The summed E-state index contributed by atoms with van der Waals surface area (Å²) in [6, 6.07) is 17.2. The highest BCUT2D eigenvalue weighted by atomic mass is 16.5. The van der Waals surface area contributed by atoms with Crippen LogP contribution in [0.2, 0.25) is 0 Å². The molecule has 1 fully saturated rings. The number of carbonyl (C=O) groups is 1. The van der Waals surface area contributed by atoms with Gasteiger partial charge in [0.2, 0.25) is 5.91 Å². The molecule has 2 aromatic carbocycles. The topological polar surface area (TPSA) is 44.8 Å². The number of rotatable bonds is 7. The smallest absolute Gasteiger partial charge is 0.246 e. The van der Waals surface area contributed by atoms with Crippen LogP contribution < -0.4 is 10.1 Å². The maximum Gasteiger partial charge on any atom is 0.246 e. The number of hydrogen-bond acceptors (Lipinski definition) is 4. The molecular formula is C22H29N3O2. The van der Waals surface area contributed by atoms with Crippen molar-refractivity contribution in [1.29, 1.82) is 0 Å². The van der Waals surface area contributed by atoms with Gasteiger partial charge < -0.3 is 15.0 Å². The van der Waals surface area contributed by atoms with Gasteiger partial charge in [0.15, 0.2) is 0 Å². The number of ether oxygens (including phenoxy) is 1. The number of amides is 1. The van der Waals surface area contributed by atoms with Gasteiger partial charge in [-0.05, 0) is 30.7 Å². The van der Waals surface area contributed by atoms with Crippen molar-refractivity contribution in [2.45, 2.75) is 19.4 Å². The lowest BCUT2D eigenvalue weighted by Gasteiger charge is -2.38. The summed E-state index contributed by atoms with van der Waals surface area (Å²) in [5.41, 5.74) is 1.78. The summed E-state index contributed by atoms with van der Waals surface area (Å²) in [7, 11) is 1.63. The Labute approximate surface area is 161 Å². The Hall–Kier alpha value is -2.37. The maximum atomic E-state index is 13.2. The molecule has 0 radical (unpaired) electrons. The second-order valence-corrected chi connectivity index (χ2v) is 6.91. The molecule has 5 heteroatoms. The molecule has 2 aromatic rings. The molecule has 1 aliphatic rings. The first-order valence-corrected chi connectivity index (χ1v) is 9.67. The second kappa shape index (κ2) is 9.53. The molecule has 27 heavy (non-hydrogen) atoms. The summed E-state index contributed by atoms with van der Waals surface area (Å²) < 4.78 is 5.27. The second-order valence-electron chi connectivity index (χ2n) is 6.91. The average Bonchev–Trinajstić information content (AvgIpc) is 2.71. The number of nitrogens with one attached hydrogen (secondary N) is 1. The fraction of sp³-hybridized carbons (Fsp3) is 0.409. The Kier molecular flexibility index (Phi) is 6.85. The van der Waals surface area contributed by atoms with Crippen molar-refractivity contribution >= 4 is 11.6 Å². The average molecular weight is 367 g/mol. The van der Waals surface area contributed by atoms with Crippen LogP contribution in [0.1, 0.15) is 24.9 Å². The third-order valence-corrected chi connectivity index (χ3v) is 5.01. The van der Waals surface area contributed by atoms with Crippen molar-refractivity contribution in [2.24, 2.45) is 0 Å². The van der Waals surface area contributed by atoms with Crippen LogP contribution in [-0.2, 0) is 4.79 Å². The molecule has 0 bridgehead atoms. The molecule has 1 amide bonds. The van der Waals surface area contributed by atoms with Gasteiger partial charge in [-0.3, -0.25) is 9.69 Å². The molecule has 3 rings (SSSR count). The Morgan fingerprint density at radius 2 is 1.81 bits per heavy atom. The molecule has 1 heterocycles. The fourth-order valence-electron chi connectivity index (χ4n) is 3.64. The molecule has 0 aromatic heterocycles. The van der Waals surface area contributed by atoms with Crippen LogP contribution >= 0.6 is 0 Å². The SMILES string of the molecule is CCCN1CCN(C(C(=O)Nc2cccc(OC)c2)c2ccccc2)CC1. The molecule has 1 unspecified atom stereocenters. The Morgan fingerprint density at radius 3 is 2.48 bits per heavy atom. The van der Waals surface area contributed by atoms with Crippen molar-refractivity contribution < 1.29 is 9.53 Å². The Morgan fingerprint density at radius 1 is 1.07 bits per heavy atom. The quantitative estimate of drug-likeness (QED) is 0.815. The van der Waals surface area contributed by atoms with Crippen molar-refractivity contribution in [2.75, 3.05) is 45.2 Å². The first kappa shape index (κ1) is 19.4. The van der Waals surface area contributed by atoms with E-state index in [0.717, 1.165) is 49.7 Å². The third kappa shape index (κ3) is 5.08. The van der Waals surface area contributed by atoms with Crippen LogP contribution in [0.5, 0.6) is 5.75 Å². The molecule has 0 spiro atoms. The van der Waals surface area contributed by atoms with Gasteiger partial charge in [0, 0.05) is 37.9 Å². The number of anilines is 1. The van der Waals surface area contributed by atoms with Crippen LogP contribution in [0.3, 0.4) is 0 Å². The zero-order chi connectivity index (χ0) is 19.1. The molecular weight excluding hydrogens is 338 g/mol. The standard InChI is InChI=1S/C22H29N3O2/c1-3-12-24-13-15-25(16-14-24)21(18-8-5-4-6-9-18)22(26)23-19-10-7-11-20(17-19)27-2/h4-11,17,21H,3,12-16H2,1-2H3,(H,23,26). The van der Waals surface area contributed by atoms with Crippen molar-refractivity contribution in [3.8, 4) is 5.75 Å². The van der Waals surface area contributed by atoms with E-state index in [-0.39, 0.29) is 11.9 Å². The largest absolute Gasteiger partial charge is 0.497 e. The summed E-state index contributed by atoms with van der Waals surface area (Å²) in [5.74, 6) is 0.732. The van der Waals surface area contributed by atoms with Crippen molar-refractivity contribution in [3.63, 3.8) is 0 Å². The van der Waals surface area contributed by atoms with E-state index in [1.165, 1.54) is 6.42 Å². The number of hydrogen-bond donors (Lipinski definition) is 1. The molecule has 1 atom stereocenters. The zero-order valence-corrected chi connectivity index (χ0v) is 16.2. The van der Waals surface area contributed by atoms with E-state index in [2.05, 4.69) is 22.0 Å². The summed E-state index contributed by atoms with van der Waals surface area (Å²) in [6.45, 7) is 7.13. The summed E-state index contributed by atoms with van der Waals surface area (Å²) >= 11 is 0. The monoisotopic (exact) mass is 367 g/mol. The number of nitrogens with zero attached hydrogens (tertiary/aromatic N) is 2. The summed E-state index contributed by atoms with van der Waals surface area (Å²) in [5, 5.41) is 3.07. The minimum absolute atomic E-state index is 0.00149. The number of piperazine rings is 1. The molecule has 1 N–H and O–H groups in total. The van der Waals surface area contributed by atoms with Gasteiger partial charge in [-0.1, -0.05) is 43.3 Å². The van der Waals surface area contributed by atoms with E-state index >= 15 is 0 Å². The van der Waals surface area contributed by atoms with Gasteiger partial charge in [-0.15, -0.1) is 0 Å². The van der Waals surface area contributed by atoms with E-state index < -0.39 is 0 Å². The van der Waals surface area contributed by atoms with Crippen molar-refractivity contribution in [3.05, 3.63) is 60.2 Å². The Bertz CT molecular complexity index is 727. The predicted octanol–water partition coefficient (Wildman–Crippen LogP) is 3.40. The lowest BCUT2D eigenvalue weighted by atomic mass is 10.0. The molecule has 144 valence electrons. The van der Waals surface area contributed by atoms with Gasteiger partial charge in [0.05, 0.1) is 7.11 Å². The van der Waals surface area contributed by atoms with Gasteiger partial charge in [0.25, 0.3) is 0 Å². The van der Waals surface area contributed by atoms with Crippen LogP contribution in [0.15, 0.2) is 54.6 Å². The Balaban J connectivity index is 1.77. The highest BCUT2D eigenvalue weighted by molar-refractivity contribution is 5.95. The number of methoxy groups -OCH3 is 1. The van der Waals surface area contributed by atoms with E-state index in [4.69, 9.17) is 4.74 Å². The fourth-order valence-corrected chi connectivity index (χ4v) is 3.64. The summed E-state index contributed by atoms with van der Waals surface area (Å²) in [6.07, 6.45) is 1.17. The van der Waals surface area contributed by atoms with Crippen molar-refractivity contribution in [1.82, 2.24) is 9.80 Å². The lowest BCUT2D eigenvalue weighted by Crippen LogP contribution is -2.50. The zero-order valence-electron chi connectivity index (χ0n) is 16.2. The van der Waals surface area contributed by atoms with Gasteiger partial charge in [0.1, 0.15) is 11.8 Å². The number of carbonyl (C=O) groups excluding carboxylic acids is 1. The highest BCUT2D eigenvalue weighted by Gasteiger charge is 2.30. The molecule has 1 aliphatic heterocycles. The molecule has 0 aliphatic carbocycles. The summed E-state index contributed by atoms with van der Waals surface area (Å²) in [4.78, 5) is 18.0. The lowest BCUT2D eigenvalue weighted by molar-refractivity contribution is -0.122. The van der Waals surface area contributed by atoms with Crippen LogP contribution in [0.4, 0.5) is 5.69 Å². The van der Waals surface area contributed by atoms with E-state index in [9.17, 15) is 4.79 Å². The predicted molar refractivity (Wildman–Crippen MR) is 109 cm³/mol. The third-order valence-electron chi connectivity index (χ3n) is 5.01. The minimum Gasteiger partial charge on any atom is -0.497 e. The molecule has 5 nitrogen and oxygen atoms in total. The van der Waals surface area contributed by atoms with Crippen LogP contribution in [-0.4, -0.2) is 55.5 Å². The van der Waals surface area contributed by atoms with Gasteiger partial charge in [-0.2, -0.15) is 0 Å². The first-order valence-electron chi connectivity index (χ1n) is 9.67. The normalized spacial score (nSPS) is 16.7. The van der Waals surface area contributed by atoms with Gasteiger partial charge in [-0.25, -0.2) is 0 Å². The van der Waals surface area contributed by atoms with Gasteiger partial charge >= 0.3 is 0 Å². The number of benzene rings is 2. The van der Waals surface area contributed by atoms with E-state index in [0.29, 0.717) is 0 Å². The van der Waals surface area contributed by atoms with E-state index in [1.807, 2.05) is 54.6 Å². The first-order chi connectivity index (χ1) is 13.2. The van der Waals surface area contributed by atoms with E-state index in [1.54, 1.807) is 7.11 Å². The van der Waals surface area contributed by atoms with Crippen LogP contribution in [0, 0.1) is 0 Å². The molecule has 0 saturated carbocycles.